The Morgan fingerprint density at radius 1 is 1.29 bits per heavy atom. The van der Waals surface area contributed by atoms with Crippen molar-refractivity contribution in [1.82, 2.24) is 10.2 Å². The monoisotopic (exact) mass is 254 g/mol. The van der Waals surface area contributed by atoms with E-state index in [0.29, 0.717) is 0 Å². The van der Waals surface area contributed by atoms with Gasteiger partial charge in [0.25, 0.3) is 0 Å². The van der Waals surface area contributed by atoms with Crippen LogP contribution in [0, 0.1) is 11.8 Å². The summed E-state index contributed by atoms with van der Waals surface area (Å²) in [6, 6.07) is 1.55. The highest BCUT2D eigenvalue weighted by Gasteiger charge is 2.40. The van der Waals surface area contributed by atoms with Crippen LogP contribution in [0.2, 0.25) is 0 Å². The highest BCUT2D eigenvalue weighted by Crippen LogP contribution is 2.38. The maximum atomic E-state index is 3.79. The van der Waals surface area contributed by atoms with Gasteiger partial charge in [0.1, 0.15) is 0 Å². The van der Waals surface area contributed by atoms with Gasteiger partial charge in [-0.3, -0.25) is 4.90 Å². The molecule has 1 N–H and O–H groups in total. The SMILES string of the molecule is CC1SCCN(CC2NCC3CCCC32)C1C. The summed E-state index contributed by atoms with van der Waals surface area (Å²) >= 11 is 2.15. The highest BCUT2D eigenvalue weighted by molar-refractivity contribution is 8.00. The lowest BCUT2D eigenvalue weighted by Crippen LogP contribution is -2.50. The molecule has 5 unspecified atom stereocenters. The molecule has 98 valence electrons. The molecule has 5 atom stereocenters. The van der Waals surface area contributed by atoms with Crippen LogP contribution in [0.3, 0.4) is 0 Å². The van der Waals surface area contributed by atoms with E-state index in [-0.39, 0.29) is 0 Å². The molecule has 0 aromatic carbocycles. The molecule has 3 heteroatoms. The third-order valence-corrected chi connectivity index (χ3v) is 6.66. The van der Waals surface area contributed by atoms with Crippen LogP contribution in [-0.2, 0) is 0 Å². The summed E-state index contributed by atoms with van der Waals surface area (Å²) in [4.78, 5) is 2.74. The molecular formula is C14H26N2S. The van der Waals surface area contributed by atoms with Gasteiger partial charge in [-0.2, -0.15) is 11.8 Å². The lowest BCUT2D eigenvalue weighted by Gasteiger charge is -2.39. The Morgan fingerprint density at radius 3 is 3.06 bits per heavy atom. The summed E-state index contributed by atoms with van der Waals surface area (Å²) in [5.41, 5.74) is 0. The standard InChI is InChI=1S/C14H26N2S/c1-10-11(2)17-7-6-16(10)9-14-13-5-3-4-12(13)8-15-14/h10-15H,3-9H2,1-2H3. The Bertz CT molecular complexity index is 269. The number of nitrogens with one attached hydrogen (secondary N) is 1. The van der Waals surface area contributed by atoms with Crippen LogP contribution in [-0.4, -0.2) is 47.6 Å². The van der Waals surface area contributed by atoms with Crippen molar-refractivity contribution in [3.63, 3.8) is 0 Å². The lowest BCUT2D eigenvalue weighted by atomic mass is 9.93. The Labute approximate surface area is 110 Å². The summed E-state index contributed by atoms with van der Waals surface area (Å²) in [6.07, 6.45) is 4.44. The Kier molecular flexibility index (Phi) is 3.69. The average molecular weight is 254 g/mol. The molecule has 0 spiro atoms. The van der Waals surface area contributed by atoms with Crippen LogP contribution in [0.1, 0.15) is 33.1 Å². The maximum Gasteiger partial charge on any atom is 0.0226 e. The van der Waals surface area contributed by atoms with Crippen LogP contribution in [0.4, 0.5) is 0 Å². The second-order valence-electron chi connectivity index (χ2n) is 6.18. The van der Waals surface area contributed by atoms with Crippen LogP contribution in [0.15, 0.2) is 0 Å². The van der Waals surface area contributed by atoms with E-state index in [4.69, 9.17) is 0 Å². The molecule has 17 heavy (non-hydrogen) atoms. The molecule has 2 aliphatic heterocycles. The van der Waals surface area contributed by atoms with Crippen molar-refractivity contribution in [3.8, 4) is 0 Å². The summed E-state index contributed by atoms with van der Waals surface area (Å²) in [5.74, 6) is 3.32. The predicted molar refractivity (Wildman–Crippen MR) is 75.6 cm³/mol. The smallest absolute Gasteiger partial charge is 0.0226 e. The van der Waals surface area contributed by atoms with Crippen LogP contribution in [0.25, 0.3) is 0 Å². The van der Waals surface area contributed by atoms with E-state index in [2.05, 4.69) is 35.8 Å². The summed E-state index contributed by atoms with van der Waals surface area (Å²) < 4.78 is 0. The first kappa shape index (κ1) is 12.3. The van der Waals surface area contributed by atoms with Crippen molar-refractivity contribution in [2.75, 3.05) is 25.4 Å². The molecule has 2 saturated heterocycles. The predicted octanol–water partition coefficient (Wildman–Crippen LogP) is 2.20. The molecule has 2 heterocycles. The van der Waals surface area contributed by atoms with Gasteiger partial charge in [-0.15, -0.1) is 0 Å². The molecule has 0 amide bonds. The van der Waals surface area contributed by atoms with Gasteiger partial charge in [-0.25, -0.2) is 0 Å². The summed E-state index contributed by atoms with van der Waals surface area (Å²) in [7, 11) is 0. The molecule has 0 bridgehead atoms. The Balaban J connectivity index is 1.59. The second kappa shape index (κ2) is 5.10. The first-order valence-corrected chi connectivity index (χ1v) is 8.39. The molecule has 3 aliphatic rings. The number of nitrogens with zero attached hydrogens (tertiary/aromatic N) is 1. The molecule has 3 fully saturated rings. The average Bonchev–Trinajstić information content (AvgIpc) is 2.89. The van der Waals surface area contributed by atoms with E-state index in [0.717, 1.165) is 29.2 Å². The highest BCUT2D eigenvalue weighted by atomic mass is 32.2. The van der Waals surface area contributed by atoms with Crippen molar-refractivity contribution in [3.05, 3.63) is 0 Å². The summed E-state index contributed by atoms with van der Waals surface area (Å²) in [6.45, 7) is 8.70. The summed E-state index contributed by atoms with van der Waals surface area (Å²) in [5, 5.41) is 4.60. The van der Waals surface area contributed by atoms with Crippen molar-refractivity contribution >= 4 is 11.8 Å². The topological polar surface area (TPSA) is 15.3 Å². The largest absolute Gasteiger partial charge is 0.312 e. The first-order chi connectivity index (χ1) is 8.25. The Morgan fingerprint density at radius 2 is 2.18 bits per heavy atom. The lowest BCUT2D eigenvalue weighted by molar-refractivity contribution is 0.179. The Hall–Kier alpha value is 0.270. The van der Waals surface area contributed by atoms with Gasteiger partial charge in [0.05, 0.1) is 0 Å². The van der Waals surface area contributed by atoms with Gasteiger partial charge in [0.15, 0.2) is 0 Å². The van der Waals surface area contributed by atoms with Crippen molar-refractivity contribution in [2.24, 2.45) is 11.8 Å². The maximum absolute atomic E-state index is 3.79. The van der Waals surface area contributed by atoms with Gasteiger partial charge in [-0.1, -0.05) is 13.3 Å². The van der Waals surface area contributed by atoms with Gasteiger partial charge >= 0.3 is 0 Å². The zero-order valence-electron chi connectivity index (χ0n) is 11.2. The van der Waals surface area contributed by atoms with Gasteiger partial charge in [-0.05, 0) is 38.1 Å². The minimum Gasteiger partial charge on any atom is -0.312 e. The number of thioether (sulfide) groups is 1. The van der Waals surface area contributed by atoms with Crippen LogP contribution < -0.4 is 5.32 Å². The molecule has 3 rings (SSSR count). The normalized spacial score (nSPS) is 47.3. The zero-order chi connectivity index (χ0) is 11.8. The van der Waals surface area contributed by atoms with Gasteiger partial charge in [0.2, 0.25) is 0 Å². The van der Waals surface area contributed by atoms with Crippen LogP contribution >= 0.6 is 11.8 Å². The molecule has 2 nitrogen and oxygen atoms in total. The number of fused-ring (bicyclic) bond motifs is 1. The fourth-order valence-electron chi connectivity index (χ4n) is 4.01. The quantitative estimate of drug-likeness (QED) is 0.813. The van der Waals surface area contributed by atoms with Gasteiger partial charge < -0.3 is 5.32 Å². The minimum atomic E-state index is 0.760. The van der Waals surface area contributed by atoms with E-state index >= 15 is 0 Å². The van der Waals surface area contributed by atoms with Gasteiger partial charge in [0, 0.05) is 36.2 Å². The zero-order valence-corrected chi connectivity index (χ0v) is 12.0. The molecule has 0 aromatic heterocycles. The number of hydrogen-bond donors (Lipinski definition) is 1. The molecule has 0 aromatic rings. The third kappa shape index (κ3) is 2.39. The van der Waals surface area contributed by atoms with Crippen molar-refractivity contribution < 1.29 is 0 Å². The molecular weight excluding hydrogens is 228 g/mol. The fourth-order valence-corrected chi connectivity index (χ4v) is 5.17. The van der Waals surface area contributed by atoms with Crippen molar-refractivity contribution in [1.29, 1.82) is 0 Å². The molecule has 1 saturated carbocycles. The van der Waals surface area contributed by atoms with Crippen LogP contribution in [0.5, 0.6) is 0 Å². The third-order valence-electron chi connectivity index (χ3n) is 5.32. The van der Waals surface area contributed by atoms with E-state index in [1.807, 2.05) is 0 Å². The fraction of sp³-hybridized carbons (Fsp3) is 1.00. The molecule has 0 radical (unpaired) electrons. The minimum absolute atomic E-state index is 0.760. The van der Waals surface area contributed by atoms with E-state index in [1.54, 1.807) is 0 Å². The van der Waals surface area contributed by atoms with E-state index in [9.17, 15) is 0 Å². The van der Waals surface area contributed by atoms with Crippen molar-refractivity contribution in [2.45, 2.75) is 50.4 Å². The van der Waals surface area contributed by atoms with E-state index < -0.39 is 0 Å². The first-order valence-electron chi connectivity index (χ1n) is 7.34. The van der Waals surface area contributed by atoms with E-state index in [1.165, 1.54) is 44.6 Å². The second-order valence-corrected chi connectivity index (χ2v) is 7.67. The number of rotatable bonds is 2. The molecule has 1 aliphatic carbocycles. The number of hydrogen-bond acceptors (Lipinski definition) is 3.